The maximum absolute atomic E-state index is 4.75. The minimum atomic E-state index is 0. The highest BCUT2D eigenvalue weighted by atomic mass is 32.1. The van der Waals surface area contributed by atoms with E-state index in [1.54, 1.807) is 139 Å². The van der Waals surface area contributed by atoms with Crippen LogP contribution in [0.3, 0.4) is 0 Å². The monoisotopic (exact) mass is 1540 g/mol. The van der Waals surface area contributed by atoms with Gasteiger partial charge in [-0.1, -0.05) is 145 Å². The summed E-state index contributed by atoms with van der Waals surface area (Å²) in [5.74, 6) is 0.808. The van der Waals surface area contributed by atoms with Crippen LogP contribution in [0.2, 0.25) is 0 Å². The number of pyridine rings is 1. The van der Waals surface area contributed by atoms with Crippen molar-refractivity contribution in [1.29, 1.82) is 0 Å². The van der Waals surface area contributed by atoms with Gasteiger partial charge < -0.3 is 4.42 Å². The van der Waals surface area contributed by atoms with Crippen molar-refractivity contribution in [3.63, 3.8) is 0 Å². The zero-order valence-corrected chi connectivity index (χ0v) is 66.0. The Kier molecular flexibility index (Phi) is 90.6. The zero-order valence-electron chi connectivity index (χ0n) is 64.3. The molecule has 598 valence electrons. The van der Waals surface area contributed by atoms with Crippen LogP contribution in [0.1, 0.15) is 99.4 Å². The highest BCUT2D eigenvalue weighted by Crippen LogP contribution is 1.84. The van der Waals surface area contributed by atoms with E-state index in [9.17, 15) is 0 Å². The van der Waals surface area contributed by atoms with Crippen molar-refractivity contribution in [2.75, 3.05) is 0 Å². The van der Waals surface area contributed by atoms with Crippen LogP contribution in [0, 0.1) is 6.92 Å². The van der Waals surface area contributed by atoms with Gasteiger partial charge in [0.05, 0.1) is 104 Å². The molecule has 14 rings (SSSR count). The molecule has 0 saturated heterocycles. The minimum Gasteiger partial charge on any atom is -0.412 e. The number of aromatic nitrogens is 26. The molecular formula is C78H146N26O2S2+14. The first-order valence-electron chi connectivity index (χ1n) is 32.1. The Balaban J connectivity index is -0.000000119. The lowest BCUT2D eigenvalue weighted by atomic mass is 10.5. The predicted octanol–water partition coefficient (Wildman–Crippen LogP) is 6.87. The molecule has 0 aliphatic heterocycles. The average Bonchev–Trinajstić information content (AvgIpc) is 1.42. The fourth-order valence-corrected chi connectivity index (χ4v) is 6.71. The fourth-order valence-electron chi connectivity index (χ4n) is 5.64. The fraction of sp³-hybridized carbons (Fsp3) is 0.397. The normalized spacial score (nSPS) is 8.04. The van der Waals surface area contributed by atoms with Gasteiger partial charge in [0.1, 0.15) is 58.3 Å². The largest absolute Gasteiger partial charge is 0.412 e. The van der Waals surface area contributed by atoms with Crippen LogP contribution in [0.15, 0.2) is 292 Å². The van der Waals surface area contributed by atoms with E-state index in [1.807, 2.05) is 407 Å². The molecular weight excluding hydrogens is 1400 g/mol. The molecule has 14 aromatic rings. The summed E-state index contributed by atoms with van der Waals surface area (Å²) in [6, 6.07) is 21.4. The smallest absolute Gasteiger partial charge is 0.334 e. The lowest BCUT2D eigenvalue weighted by molar-refractivity contribution is -0.845. The van der Waals surface area contributed by atoms with E-state index < -0.39 is 0 Å². The third kappa shape index (κ3) is 78.9. The second-order valence-electron chi connectivity index (χ2n) is 19.7. The lowest BCUT2D eigenvalue weighted by Gasteiger charge is -1.82. The Hall–Kier alpha value is -11.3. The number of imidazole rings is 1. The predicted molar refractivity (Wildman–Crippen MR) is 430 cm³/mol. The number of rotatable bonds is 0. The molecule has 14 aromatic heterocycles. The van der Waals surface area contributed by atoms with Gasteiger partial charge in [0.25, 0.3) is 24.8 Å². The van der Waals surface area contributed by atoms with Crippen molar-refractivity contribution in [1.82, 2.24) is 59.1 Å². The summed E-state index contributed by atoms with van der Waals surface area (Å²) in [5, 5.41) is 15.8. The molecule has 14 heterocycles. The molecule has 0 aliphatic carbocycles. The molecule has 0 N–H and O–H groups in total. The highest BCUT2D eigenvalue weighted by molar-refractivity contribution is 7.07. The van der Waals surface area contributed by atoms with Gasteiger partial charge in [0.15, 0.2) is 104 Å². The summed E-state index contributed by atoms with van der Waals surface area (Å²) in [6.45, 7) is 13.9. The molecule has 0 saturated carbocycles. The minimum absolute atomic E-state index is 0. The van der Waals surface area contributed by atoms with E-state index >= 15 is 0 Å². The van der Waals surface area contributed by atoms with Crippen molar-refractivity contribution >= 4 is 22.9 Å². The van der Waals surface area contributed by atoms with E-state index in [2.05, 4.69) is 49.6 Å². The summed E-state index contributed by atoms with van der Waals surface area (Å²) >= 11 is 3.40. The molecule has 0 bridgehead atoms. The lowest BCUT2D eigenvalue weighted by Crippen LogP contribution is -2.35. The Labute approximate surface area is 660 Å². The molecule has 0 aliphatic rings. The van der Waals surface area contributed by atoms with Crippen molar-refractivity contribution in [2.45, 2.75) is 100 Å². The van der Waals surface area contributed by atoms with E-state index in [1.165, 1.54) is 6.33 Å². The maximum atomic E-state index is 4.75. The number of oxazole rings is 1. The molecule has 30 heteroatoms. The van der Waals surface area contributed by atoms with Crippen molar-refractivity contribution in [3.05, 3.63) is 289 Å². The van der Waals surface area contributed by atoms with Crippen molar-refractivity contribution in [2.24, 2.45) is 120 Å². The molecule has 0 fully saturated rings. The number of thiazole rings is 1. The topological polar surface area (TPSA) is 211 Å². The van der Waals surface area contributed by atoms with Crippen LogP contribution >= 0.6 is 22.9 Å². The summed E-state index contributed by atoms with van der Waals surface area (Å²) in [4.78, 5) is 23.0. The molecule has 0 atom stereocenters. The number of hydrogen-bond acceptors (Lipinski definition) is 13. The van der Waals surface area contributed by atoms with E-state index in [-0.39, 0.29) is 52.0 Å². The first-order chi connectivity index (χ1) is 48.6. The molecule has 0 amide bonds. The van der Waals surface area contributed by atoms with Crippen LogP contribution in [0.5, 0.6) is 0 Å². The standard InChI is InChI=1S/C6H8N.C5H8N3.2C5H9N2.4C5H7N2.C4H8N3.C4H6N3.2C4H6NO.2C4H6NS.3C2H6.7CH4/c1-7-5-3-2-4-6-7;1-5-6-3-8(2)4-7-5;1-6-3-4-7(2)5-6;1-6-4-3-5-7(6)2;1-7-4-2-6-3-5-7;1-7-4-2-3-6-5-7;2*1-7-5-3-2-4-6-7;1-6-3-5-7(2)4-6;1-7-3-5-2-6-4-7;1-5-2-3-6-4-5;1-5-3-2-4-6-5;1-5-2-3-6-4-5;1-5-3-2-4-6-5;3*1-2;;;;;;;/h2-6H,1H3;3-4H,1-2H3;2*3-5H,1-2H3;4*2-5H,1H3;3-4H,1-2H3;2-4H,1H3;4*2-4H,1H3;3*1-2H3;7*1H4/q14*+1;;;;;;;;;;. The van der Waals surface area contributed by atoms with Gasteiger partial charge in [-0.2, -0.15) is 13.8 Å². The van der Waals surface area contributed by atoms with Gasteiger partial charge in [-0.05, 0) is 27.1 Å². The maximum Gasteiger partial charge on any atom is 0.334 e. The van der Waals surface area contributed by atoms with E-state index in [4.69, 9.17) is 4.52 Å². The first-order valence-corrected chi connectivity index (χ1v) is 33.9. The van der Waals surface area contributed by atoms with Crippen LogP contribution in [-0.2, 0) is 120 Å². The number of aryl methyl sites for hydroxylation is 18. The highest BCUT2D eigenvalue weighted by Gasteiger charge is 1.94. The van der Waals surface area contributed by atoms with Gasteiger partial charge in [-0.15, -0.1) is 13.3 Å². The van der Waals surface area contributed by atoms with Gasteiger partial charge in [-0.25, -0.2) is 41.1 Å². The van der Waals surface area contributed by atoms with E-state index in [0.29, 0.717) is 0 Å². The summed E-state index contributed by atoms with van der Waals surface area (Å²) in [7, 11) is 33.0. The van der Waals surface area contributed by atoms with Gasteiger partial charge in [0, 0.05) is 60.6 Å². The van der Waals surface area contributed by atoms with Crippen LogP contribution in [0.4, 0.5) is 0 Å². The summed E-state index contributed by atoms with van der Waals surface area (Å²) < 4.78 is 41.5. The molecule has 108 heavy (non-hydrogen) atoms. The van der Waals surface area contributed by atoms with Crippen LogP contribution in [0.25, 0.3) is 0 Å². The first kappa shape index (κ1) is 118. The molecule has 0 radical (unpaired) electrons. The SMILES string of the molecule is C.C.C.C.C.C.C.CC.CC.CC.C[n+]1ccccc1.C[n+]1ccccn1.C[n+]1ccccn1.C[n+]1cccnc1.C[n+]1ccco1.C[n+]1cccs1.C[n+]1ccncc1.C[n+]1ccoc1.C[n+]1ccsc1.C[n+]1cncnc1.Cc1nc[n+](C)cn1.Cn1c[n+](C)cn1.Cn1cc[n+](C)c1.Cn1ccc[n+]1C. The number of hydrogen-bond donors (Lipinski definition) is 0. The molecule has 0 aromatic carbocycles. The van der Waals surface area contributed by atoms with Gasteiger partial charge in [-0.3, -0.25) is 4.98 Å². The summed E-state index contributed by atoms with van der Waals surface area (Å²) in [6.07, 6.45) is 58.5. The molecule has 0 spiro atoms. The third-order valence-corrected chi connectivity index (χ3v) is 12.0. The van der Waals surface area contributed by atoms with Gasteiger partial charge in [0.2, 0.25) is 55.9 Å². The van der Waals surface area contributed by atoms with Crippen molar-refractivity contribution < 1.29 is 72.8 Å². The van der Waals surface area contributed by atoms with Crippen molar-refractivity contribution in [3.8, 4) is 0 Å². The second kappa shape index (κ2) is 83.0. The average molecular weight is 1540 g/mol. The Morgan fingerprint density at radius 1 is 0.380 bits per heavy atom. The Morgan fingerprint density at radius 2 is 0.917 bits per heavy atom. The van der Waals surface area contributed by atoms with Crippen LogP contribution in [-0.4, -0.2) is 59.1 Å². The van der Waals surface area contributed by atoms with Gasteiger partial charge >= 0.3 is 6.39 Å². The Bertz CT molecular complexity index is 3330. The second-order valence-corrected chi connectivity index (χ2v) is 21.6. The quantitative estimate of drug-likeness (QED) is 0.143. The third-order valence-electron chi connectivity index (χ3n) is 10.5. The number of nitrogens with zero attached hydrogens (tertiary/aromatic N) is 26. The molecule has 28 nitrogen and oxygen atoms in total. The molecule has 0 unspecified atom stereocenters. The zero-order chi connectivity index (χ0) is 76.1. The van der Waals surface area contributed by atoms with E-state index in [0.717, 1.165) is 5.82 Å². The Morgan fingerprint density at radius 3 is 1.10 bits per heavy atom. The van der Waals surface area contributed by atoms with Crippen LogP contribution < -0.4 is 63.8 Å². The summed E-state index contributed by atoms with van der Waals surface area (Å²) in [5.41, 5.74) is 2.04.